The lowest BCUT2D eigenvalue weighted by molar-refractivity contribution is -0.133. The highest BCUT2D eigenvalue weighted by atomic mass is 16.5. The number of ether oxygens (including phenoxy) is 3. The van der Waals surface area contributed by atoms with Crippen molar-refractivity contribution in [3.8, 4) is 17.2 Å². The van der Waals surface area contributed by atoms with Crippen LogP contribution in [-0.4, -0.2) is 57.2 Å². The zero-order chi connectivity index (χ0) is 24.8. The van der Waals surface area contributed by atoms with Crippen LogP contribution in [0.25, 0.3) is 5.57 Å². The maximum absolute atomic E-state index is 13.3. The maximum atomic E-state index is 13.3. The van der Waals surface area contributed by atoms with E-state index in [0.29, 0.717) is 42.3 Å². The van der Waals surface area contributed by atoms with Gasteiger partial charge >= 0.3 is 0 Å². The van der Waals surface area contributed by atoms with Gasteiger partial charge in [-0.1, -0.05) is 37.6 Å². The molecule has 0 bridgehead atoms. The van der Waals surface area contributed by atoms with E-state index in [1.165, 1.54) is 0 Å². The Balaban J connectivity index is 1.77. The van der Waals surface area contributed by atoms with E-state index < -0.39 is 6.04 Å². The van der Waals surface area contributed by atoms with Crippen LogP contribution in [0.15, 0.2) is 42.5 Å². The van der Waals surface area contributed by atoms with Gasteiger partial charge in [-0.15, -0.1) is 0 Å². The minimum Gasteiger partial charge on any atom is -0.496 e. The van der Waals surface area contributed by atoms with Gasteiger partial charge in [-0.05, 0) is 37.0 Å². The normalized spacial score (nSPS) is 14.3. The molecule has 2 aromatic rings. The Hall–Kier alpha value is -3.48. The Labute approximate surface area is 201 Å². The lowest BCUT2D eigenvalue weighted by Gasteiger charge is -2.32. The van der Waals surface area contributed by atoms with Crippen molar-refractivity contribution >= 4 is 17.4 Å². The third kappa shape index (κ3) is 5.53. The van der Waals surface area contributed by atoms with Crippen molar-refractivity contribution in [2.75, 3.05) is 34.4 Å². The molecule has 0 fully saturated rings. The second kappa shape index (κ2) is 11.1. The van der Waals surface area contributed by atoms with Gasteiger partial charge in [-0.3, -0.25) is 9.59 Å². The molecular weight excluding hydrogens is 432 g/mol. The third-order valence-electron chi connectivity index (χ3n) is 6.09. The molecular formula is C27H34N2O5. The molecule has 182 valence electrons. The zero-order valence-corrected chi connectivity index (χ0v) is 20.8. The largest absolute Gasteiger partial charge is 0.496 e. The summed E-state index contributed by atoms with van der Waals surface area (Å²) in [4.78, 5) is 27.9. The first-order valence-electron chi connectivity index (χ1n) is 11.4. The second-order valence-corrected chi connectivity index (χ2v) is 8.73. The van der Waals surface area contributed by atoms with Crippen LogP contribution in [-0.2, 0) is 4.79 Å². The van der Waals surface area contributed by atoms with Crippen molar-refractivity contribution < 1.29 is 23.8 Å². The molecule has 3 rings (SSSR count). The molecule has 0 aromatic heterocycles. The number of rotatable bonds is 8. The number of nitrogens with zero attached hydrogens (tertiary/aromatic N) is 1. The average Bonchev–Trinajstić information content (AvgIpc) is 2.86. The third-order valence-corrected chi connectivity index (χ3v) is 6.09. The summed E-state index contributed by atoms with van der Waals surface area (Å²) in [5, 5.41) is 2.94. The highest BCUT2D eigenvalue weighted by molar-refractivity contribution is 5.97. The average molecular weight is 467 g/mol. The van der Waals surface area contributed by atoms with Crippen molar-refractivity contribution in [3.05, 3.63) is 59.2 Å². The van der Waals surface area contributed by atoms with E-state index in [0.717, 1.165) is 16.7 Å². The smallest absolute Gasteiger partial charge is 0.251 e. The first kappa shape index (κ1) is 25.1. The van der Waals surface area contributed by atoms with Crippen LogP contribution >= 0.6 is 0 Å². The molecule has 1 atom stereocenters. The van der Waals surface area contributed by atoms with Gasteiger partial charge in [-0.2, -0.15) is 0 Å². The maximum Gasteiger partial charge on any atom is 0.251 e. The van der Waals surface area contributed by atoms with E-state index >= 15 is 0 Å². The van der Waals surface area contributed by atoms with Crippen LogP contribution in [0.4, 0.5) is 0 Å². The van der Waals surface area contributed by atoms with Crippen molar-refractivity contribution in [3.63, 3.8) is 0 Å². The zero-order valence-electron chi connectivity index (χ0n) is 20.8. The highest BCUT2D eigenvalue weighted by Gasteiger charge is 2.30. The Morgan fingerprint density at radius 3 is 2.06 bits per heavy atom. The Morgan fingerprint density at radius 1 is 0.971 bits per heavy atom. The van der Waals surface area contributed by atoms with Gasteiger partial charge in [-0.25, -0.2) is 0 Å². The number of methoxy groups -OCH3 is 3. The molecule has 2 amide bonds. The van der Waals surface area contributed by atoms with Crippen LogP contribution in [0.1, 0.15) is 41.8 Å². The fourth-order valence-corrected chi connectivity index (χ4v) is 4.06. The lowest BCUT2D eigenvalue weighted by atomic mass is 9.95. The number of aryl methyl sites for hydroxylation is 1. The Bertz CT molecular complexity index is 1030. The van der Waals surface area contributed by atoms with E-state index in [2.05, 4.69) is 5.32 Å². The summed E-state index contributed by atoms with van der Waals surface area (Å²) >= 11 is 0. The van der Waals surface area contributed by atoms with Crippen LogP contribution in [0, 0.1) is 12.8 Å². The van der Waals surface area contributed by atoms with Gasteiger partial charge in [0.1, 0.15) is 23.3 Å². The molecule has 7 nitrogen and oxygen atoms in total. The topological polar surface area (TPSA) is 77.1 Å². The molecule has 1 aliphatic heterocycles. The summed E-state index contributed by atoms with van der Waals surface area (Å²) in [6.07, 6.45) is 2.66. The molecule has 0 spiro atoms. The molecule has 1 N–H and O–H groups in total. The SMILES string of the molecule is COc1cc(OC)c(C2=CCN(C(=O)[C@@H](NC(=O)c3ccc(C)cc3)C(C)C)CC2)c(OC)c1. The van der Waals surface area contributed by atoms with E-state index in [4.69, 9.17) is 14.2 Å². The summed E-state index contributed by atoms with van der Waals surface area (Å²) in [6.45, 7) is 6.83. The summed E-state index contributed by atoms with van der Waals surface area (Å²) in [5.41, 5.74) is 3.54. The fourth-order valence-electron chi connectivity index (χ4n) is 4.06. The van der Waals surface area contributed by atoms with Gasteiger partial charge < -0.3 is 24.4 Å². The predicted octanol–water partition coefficient (Wildman–Crippen LogP) is 4.09. The fraction of sp³-hybridized carbons (Fsp3) is 0.407. The van der Waals surface area contributed by atoms with E-state index in [-0.39, 0.29) is 17.7 Å². The number of hydrogen-bond acceptors (Lipinski definition) is 5. The van der Waals surface area contributed by atoms with E-state index in [1.807, 2.05) is 51.1 Å². The van der Waals surface area contributed by atoms with Gasteiger partial charge in [0.15, 0.2) is 0 Å². The van der Waals surface area contributed by atoms with Crippen molar-refractivity contribution in [2.24, 2.45) is 5.92 Å². The van der Waals surface area contributed by atoms with Crippen LogP contribution in [0.2, 0.25) is 0 Å². The number of nitrogens with one attached hydrogen (secondary N) is 1. The highest BCUT2D eigenvalue weighted by Crippen LogP contribution is 2.40. The molecule has 0 saturated heterocycles. The molecule has 0 unspecified atom stereocenters. The van der Waals surface area contributed by atoms with Gasteiger partial charge in [0.05, 0.1) is 26.9 Å². The first-order valence-corrected chi connectivity index (χ1v) is 11.4. The minimum atomic E-state index is -0.603. The van der Waals surface area contributed by atoms with E-state index in [1.54, 1.807) is 38.4 Å². The number of amides is 2. The minimum absolute atomic E-state index is 0.0472. The van der Waals surface area contributed by atoms with Crippen molar-refractivity contribution in [1.29, 1.82) is 0 Å². The van der Waals surface area contributed by atoms with Crippen LogP contribution in [0.5, 0.6) is 17.2 Å². The lowest BCUT2D eigenvalue weighted by Crippen LogP contribution is -2.52. The summed E-state index contributed by atoms with van der Waals surface area (Å²) in [5.74, 6) is 1.59. The number of hydrogen-bond donors (Lipinski definition) is 1. The number of carbonyl (C=O) groups excluding carboxylic acids is 2. The predicted molar refractivity (Wildman–Crippen MR) is 133 cm³/mol. The number of benzene rings is 2. The van der Waals surface area contributed by atoms with Crippen molar-refractivity contribution in [1.82, 2.24) is 10.2 Å². The molecule has 0 aliphatic carbocycles. The summed E-state index contributed by atoms with van der Waals surface area (Å²) < 4.78 is 16.5. The molecule has 34 heavy (non-hydrogen) atoms. The Kier molecular flexibility index (Phi) is 8.21. The second-order valence-electron chi connectivity index (χ2n) is 8.73. The molecule has 0 saturated carbocycles. The molecule has 1 aliphatic rings. The number of carbonyl (C=O) groups is 2. The Morgan fingerprint density at radius 2 is 1.59 bits per heavy atom. The quantitative estimate of drug-likeness (QED) is 0.634. The summed E-state index contributed by atoms with van der Waals surface area (Å²) in [7, 11) is 4.82. The molecule has 2 aromatic carbocycles. The summed E-state index contributed by atoms with van der Waals surface area (Å²) in [6, 6.07) is 10.4. The standard InChI is InChI=1S/C27H34N2O5/c1-17(2)25(28-26(30)20-9-7-18(3)8-10-20)27(31)29-13-11-19(12-14-29)24-22(33-5)15-21(32-4)16-23(24)34-6/h7-11,15-17,25H,12-14H2,1-6H3,(H,28,30)/t25-/m0/s1. The van der Waals surface area contributed by atoms with E-state index in [9.17, 15) is 9.59 Å². The van der Waals surface area contributed by atoms with Crippen LogP contribution < -0.4 is 19.5 Å². The monoisotopic (exact) mass is 466 g/mol. The van der Waals surface area contributed by atoms with Gasteiger partial charge in [0, 0.05) is 30.8 Å². The molecule has 0 radical (unpaired) electrons. The van der Waals surface area contributed by atoms with Gasteiger partial charge in [0.25, 0.3) is 5.91 Å². The van der Waals surface area contributed by atoms with Gasteiger partial charge in [0.2, 0.25) is 5.91 Å². The van der Waals surface area contributed by atoms with Crippen LogP contribution in [0.3, 0.4) is 0 Å². The molecule has 7 heteroatoms. The van der Waals surface area contributed by atoms with Crippen molar-refractivity contribution in [2.45, 2.75) is 33.2 Å². The first-order chi connectivity index (χ1) is 16.3. The molecule has 1 heterocycles.